The number of aryl methyl sites for hydroxylation is 1. The molecule has 0 radical (unpaired) electrons. The summed E-state index contributed by atoms with van der Waals surface area (Å²) in [6.45, 7) is 1.84. The Bertz CT molecular complexity index is 1180. The Kier molecular flexibility index (Phi) is 7.82. The van der Waals surface area contributed by atoms with Gasteiger partial charge in [0.2, 0.25) is 0 Å². The monoisotopic (exact) mass is 527 g/mol. The van der Waals surface area contributed by atoms with Gasteiger partial charge in [-0.3, -0.25) is 9.59 Å². The van der Waals surface area contributed by atoms with Crippen LogP contribution in [0.3, 0.4) is 0 Å². The van der Waals surface area contributed by atoms with Crippen LogP contribution in [0.25, 0.3) is 9.40 Å². The van der Waals surface area contributed by atoms with Crippen LogP contribution in [0.15, 0.2) is 33.9 Å². The molecule has 1 fully saturated rings. The third kappa shape index (κ3) is 6.19. The number of hydrogen-bond donors (Lipinski definition) is 4. The highest BCUT2D eigenvalue weighted by molar-refractivity contribution is 7.91. The molecule has 1 saturated heterocycles. The van der Waals surface area contributed by atoms with Crippen LogP contribution in [0.5, 0.6) is 0 Å². The van der Waals surface area contributed by atoms with Crippen molar-refractivity contribution in [2.45, 2.75) is 35.9 Å². The number of fused-ring (bicyclic) bond motifs is 1. The van der Waals surface area contributed by atoms with Crippen LogP contribution in [-0.4, -0.2) is 51.1 Å². The summed E-state index contributed by atoms with van der Waals surface area (Å²) in [5.41, 5.74) is 0. The van der Waals surface area contributed by atoms with Crippen molar-refractivity contribution < 1.29 is 23.1 Å². The summed E-state index contributed by atoms with van der Waals surface area (Å²) in [6, 6.07) is 5.45. The Labute approximate surface area is 204 Å². The molecule has 178 valence electrons. The van der Waals surface area contributed by atoms with Crippen LogP contribution in [0.1, 0.15) is 33.8 Å². The number of rotatable bonds is 10. The molecule has 12 heteroatoms. The number of carbonyl (C=O) groups excluding carboxylic acids is 1. The molecule has 0 aliphatic carbocycles. The van der Waals surface area contributed by atoms with Gasteiger partial charge in [-0.15, -0.1) is 34.0 Å². The molecular formula is C21H25N3O5S4. The summed E-state index contributed by atoms with van der Waals surface area (Å²) in [4.78, 5) is 25.9. The summed E-state index contributed by atoms with van der Waals surface area (Å²) in [5, 5.41) is 16.9. The van der Waals surface area contributed by atoms with Crippen LogP contribution in [-0.2, 0) is 21.2 Å². The Morgan fingerprint density at radius 1 is 1.18 bits per heavy atom. The molecule has 1 aliphatic rings. The lowest BCUT2D eigenvalue weighted by Gasteiger charge is -2.22. The number of sulfonamides is 1. The van der Waals surface area contributed by atoms with Crippen molar-refractivity contribution in [1.29, 1.82) is 0 Å². The van der Waals surface area contributed by atoms with E-state index in [-0.39, 0.29) is 10.8 Å². The van der Waals surface area contributed by atoms with E-state index in [9.17, 15) is 23.1 Å². The molecule has 4 rings (SSSR count). The maximum atomic E-state index is 12.6. The fraction of sp³-hybridized carbons (Fsp3) is 0.429. The summed E-state index contributed by atoms with van der Waals surface area (Å²) >= 11 is 4.04. The first-order valence-corrected chi connectivity index (χ1v) is 14.6. The minimum Gasteiger partial charge on any atom is -0.480 e. The summed E-state index contributed by atoms with van der Waals surface area (Å²) in [7, 11) is -3.97. The molecule has 0 aromatic carbocycles. The summed E-state index contributed by atoms with van der Waals surface area (Å²) < 4.78 is 28.9. The first-order valence-electron chi connectivity index (χ1n) is 10.6. The van der Waals surface area contributed by atoms with Crippen LogP contribution < -0.4 is 15.4 Å². The third-order valence-corrected chi connectivity index (χ3v) is 10.8. The van der Waals surface area contributed by atoms with Gasteiger partial charge in [0.05, 0.1) is 4.88 Å². The number of carboxylic acids is 1. The Balaban J connectivity index is 1.33. The quantitative estimate of drug-likeness (QED) is 0.321. The van der Waals surface area contributed by atoms with E-state index in [2.05, 4.69) is 21.4 Å². The minimum atomic E-state index is -3.97. The molecule has 33 heavy (non-hydrogen) atoms. The van der Waals surface area contributed by atoms with Gasteiger partial charge >= 0.3 is 5.97 Å². The van der Waals surface area contributed by atoms with E-state index >= 15 is 0 Å². The van der Waals surface area contributed by atoms with Crippen molar-refractivity contribution in [2.24, 2.45) is 5.92 Å². The summed E-state index contributed by atoms with van der Waals surface area (Å²) in [6.07, 6.45) is 4.68. The van der Waals surface area contributed by atoms with Crippen LogP contribution in [0, 0.1) is 5.92 Å². The smallest absolute Gasteiger partial charge is 0.323 e. The Morgan fingerprint density at radius 3 is 2.61 bits per heavy atom. The molecule has 0 saturated carbocycles. The van der Waals surface area contributed by atoms with Gasteiger partial charge in [-0.25, -0.2) is 8.42 Å². The topological polar surface area (TPSA) is 125 Å². The number of thiophene rings is 3. The minimum absolute atomic E-state index is 0.0227. The first-order chi connectivity index (χ1) is 15.8. The van der Waals surface area contributed by atoms with E-state index < -0.39 is 27.9 Å². The van der Waals surface area contributed by atoms with Crippen molar-refractivity contribution in [2.75, 3.05) is 19.6 Å². The molecule has 0 unspecified atom stereocenters. The van der Waals surface area contributed by atoms with Crippen molar-refractivity contribution in [3.8, 4) is 0 Å². The molecular weight excluding hydrogens is 503 g/mol. The average molecular weight is 528 g/mol. The molecule has 0 bridgehead atoms. The van der Waals surface area contributed by atoms with Crippen LogP contribution >= 0.6 is 34.0 Å². The predicted octanol–water partition coefficient (Wildman–Crippen LogP) is 3.12. The highest BCUT2D eigenvalue weighted by Gasteiger charge is 2.27. The van der Waals surface area contributed by atoms with E-state index in [1.165, 1.54) is 41.5 Å². The van der Waals surface area contributed by atoms with E-state index in [4.69, 9.17) is 0 Å². The van der Waals surface area contributed by atoms with Crippen LogP contribution in [0.4, 0.5) is 0 Å². The van der Waals surface area contributed by atoms with Gasteiger partial charge in [-0.05, 0) is 68.3 Å². The number of amides is 1. The van der Waals surface area contributed by atoms with Crippen molar-refractivity contribution >= 4 is 65.3 Å². The number of carboxylic acid groups (broad SMARTS) is 1. The molecule has 4 heterocycles. The van der Waals surface area contributed by atoms with Gasteiger partial charge < -0.3 is 15.7 Å². The lowest BCUT2D eigenvalue weighted by molar-refractivity contribution is -0.138. The maximum Gasteiger partial charge on any atom is 0.323 e. The summed E-state index contributed by atoms with van der Waals surface area (Å²) in [5.74, 6) is -1.01. The molecule has 3 aromatic rings. The van der Waals surface area contributed by atoms with Crippen LogP contribution in [0.2, 0.25) is 0 Å². The average Bonchev–Trinajstić information content (AvgIpc) is 3.52. The van der Waals surface area contributed by atoms with E-state index in [1.54, 1.807) is 22.8 Å². The second-order valence-electron chi connectivity index (χ2n) is 7.94. The molecule has 1 aliphatic heterocycles. The first kappa shape index (κ1) is 24.3. The van der Waals surface area contributed by atoms with Crippen molar-refractivity contribution in [3.63, 3.8) is 0 Å². The second-order valence-corrected chi connectivity index (χ2v) is 13.1. The van der Waals surface area contributed by atoms with Crippen molar-refractivity contribution in [3.05, 3.63) is 39.4 Å². The fourth-order valence-electron chi connectivity index (χ4n) is 3.76. The molecule has 4 N–H and O–H groups in total. The van der Waals surface area contributed by atoms with Gasteiger partial charge in [0.1, 0.15) is 10.3 Å². The van der Waals surface area contributed by atoms with Gasteiger partial charge in [-0.1, -0.05) is 6.07 Å². The molecule has 0 spiro atoms. The number of hydrogen-bond acceptors (Lipinski definition) is 8. The standard InChI is InChI=1S/C21H25N3O5S4/c25-20(23-12-15(21(26)27)24-33(28,29)19-2-1-9-30-19)18-11-17-16(32-18)10-14(31-17)4-3-13-5-7-22-8-6-13/h1-2,9-11,13,15,22,24H,3-8,12H2,(H,23,25)(H,26,27)/t15-/m0/s1. The van der Waals surface area contributed by atoms with E-state index in [0.717, 1.165) is 46.2 Å². The second kappa shape index (κ2) is 10.6. The predicted molar refractivity (Wildman–Crippen MR) is 132 cm³/mol. The highest BCUT2D eigenvalue weighted by Crippen LogP contribution is 2.34. The largest absolute Gasteiger partial charge is 0.480 e. The highest BCUT2D eigenvalue weighted by atomic mass is 32.2. The van der Waals surface area contributed by atoms with Gasteiger partial charge in [-0.2, -0.15) is 4.72 Å². The number of nitrogens with one attached hydrogen (secondary N) is 3. The normalized spacial score (nSPS) is 16.1. The van der Waals surface area contributed by atoms with Gasteiger partial charge in [0.25, 0.3) is 15.9 Å². The lowest BCUT2D eigenvalue weighted by Crippen LogP contribution is -2.48. The fourth-order valence-corrected chi connectivity index (χ4v) is 8.31. The zero-order valence-corrected chi connectivity index (χ0v) is 21.0. The number of aliphatic carboxylic acids is 1. The molecule has 8 nitrogen and oxygen atoms in total. The zero-order chi connectivity index (χ0) is 23.4. The Hall–Kier alpha value is -1.83. The zero-order valence-electron chi connectivity index (χ0n) is 17.7. The number of carbonyl (C=O) groups is 2. The third-order valence-electron chi connectivity index (χ3n) is 5.56. The molecule has 1 amide bonds. The van der Waals surface area contributed by atoms with E-state index in [0.29, 0.717) is 4.88 Å². The van der Waals surface area contributed by atoms with E-state index in [1.807, 2.05) is 6.07 Å². The number of piperidine rings is 1. The maximum absolute atomic E-state index is 12.6. The SMILES string of the molecule is O=C(NC[C@H](NS(=O)(=O)c1cccs1)C(=O)O)c1cc2sc(CCC3CCNCC3)cc2s1. The van der Waals surface area contributed by atoms with Crippen molar-refractivity contribution in [1.82, 2.24) is 15.4 Å². The molecule has 3 aromatic heterocycles. The Morgan fingerprint density at radius 2 is 1.94 bits per heavy atom. The van der Waals surface area contributed by atoms with Gasteiger partial charge in [0, 0.05) is 20.8 Å². The molecule has 1 atom stereocenters. The van der Waals surface area contributed by atoms with Gasteiger partial charge in [0.15, 0.2) is 0 Å². The lowest BCUT2D eigenvalue weighted by atomic mass is 9.93.